The summed E-state index contributed by atoms with van der Waals surface area (Å²) in [7, 11) is 0.202. The van der Waals surface area contributed by atoms with Gasteiger partial charge >= 0.3 is 18.4 Å². The van der Waals surface area contributed by atoms with Gasteiger partial charge in [0.25, 0.3) is 5.60 Å². The minimum atomic E-state index is -5.85. The summed E-state index contributed by atoms with van der Waals surface area (Å²) in [6, 6.07) is 0. The fourth-order valence-corrected chi connectivity index (χ4v) is 1.92. The van der Waals surface area contributed by atoms with Crippen LogP contribution in [-0.2, 0) is 4.74 Å². The van der Waals surface area contributed by atoms with Crippen LogP contribution in [0.2, 0.25) is 0 Å². The van der Waals surface area contributed by atoms with Gasteiger partial charge in [-0.1, -0.05) is 6.08 Å². The van der Waals surface area contributed by atoms with Crippen molar-refractivity contribution >= 4 is 0 Å². The highest BCUT2D eigenvalue weighted by atomic mass is 19.4. The van der Waals surface area contributed by atoms with Gasteiger partial charge < -0.3 is 4.74 Å². The first-order valence-electron chi connectivity index (χ1n) is 5.81. The van der Waals surface area contributed by atoms with Crippen LogP contribution in [0.15, 0.2) is 24.6 Å². The summed E-state index contributed by atoms with van der Waals surface area (Å²) in [5.41, 5.74) is -4.57. The highest BCUT2D eigenvalue weighted by Gasteiger charge is 2.71. The standard InChI is InChI=1S/C12H13F9O/c1-3-4-7(5-8(13)9(14)15)6-10(22-2,11(16,17)18)12(19,20)21/h3,7H,1,4-6H2,2H3. The van der Waals surface area contributed by atoms with E-state index >= 15 is 0 Å². The molecule has 22 heavy (non-hydrogen) atoms. The van der Waals surface area contributed by atoms with Crippen molar-refractivity contribution in [1.29, 1.82) is 0 Å². The molecule has 0 rings (SSSR count). The van der Waals surface area contributed by atoms with E-state index in [2.05, 4.69) is 11.3 Å². The number of hydrogen-bond acceptors (Lipinski definition) is 1. The molecule has 0 fully saturated rings. The first-order chi connectivity index (χ1) is 9.82. The molecule has 10 heteroatoms. The van der Waals surface area contributed by atoms with Crippen LogP contribution in [0, 0.1) is 5.92 Å². The number of allylic oxidation sites excluding steroid dienone is 2. The van der Waals surface area contributed by atoms with Crippen LogP contribution in [-0.4, -0.2) is 25.1 Å². The van der Waals surface area contributed by atoms with Crippen molar-refractivity contribution in [1.82, 2.24) is 0 Å². The topological polar surface area (TPSA) is 9.23 Å². The number of alkyl halides is 6. The molecule has 0 amide bonds. The molecule has 130 valence electrons. The minimum absolute atomic E-state index is 0.202. The van der Waals surface area contributed by atoms with Gasteiger partial charge in [0.1, 0.15) is 0 Å². The van der Waals surface area contributed by atoms with Crippen molar-refractivity contribution in [3.05, 3.63) is 24.6 Å². The van der Waals surface area contributed by atoms with Gasteiger partial charge in [0.15, 0.2) is 5.83 Å². The summed E-state index contributed by atoms with van der Waals surface area (Å²) >= 11 is 0. The van der Waals surface area contributed by atoms with Gasteiger partial charge in [-0.25, -0.2) is 4.39 Å². The molecule has 0 spiro atoms. The van der Waals surface area contributed by atoms with E-state index in [1.807, 2.05) is 0 Å². The third-order valence-electron chi connectivity index (χ3n) is 3.01. The summed E-state index contributed by atoms with van der Waals surface area (Å²) < 4.78 is 118. The lowest BCUT2D eigenvalue weighted by Gasteiger charge is -2.38. The van der Waals surface area contributed by atoms with Gasteiger partial charge in [0.05, 0.1) is 0 Å². The predicted octanol–water partition coefficient (Wildman–Crippen LogP) is 5.55. The monoisotopic (exact) mass is 344 g/mol. The van der Waals surface area contributed by atoms with Gasteiger partial charge in [-0.15, -0.1) is 6.58 Å². The van der Waals surface area contributed by atoms with Crippen molar-refractivity contribution in [3.8, 4) is 0 Å². The average Bonchev–Trinajstić information content (AvgIpc) is 2.32. The van der Waals surface area contributed by atoms with Gasteiger partial charge in [-0.2, -0.15) is 35.1 Å². The minimum Gasteiger partial charge on any atom is -0.361 e. The molecule has 0 N–H and O–H groups in total. The molecule has 0 radical (unpaired) electrons. The van der Waals surface area contributed by atoms with E-state index < -0.39 is 55.0 Å². The molecule has 1 atom stereocenters. The van der Waals surface area contributed by atoms with Crippen LogP contribution in [0.5, 0.6) is 0 Å². The second-order valence-electron chi connectivity index (χ2n) is 4.49. The number of halogens is 9. The second kappa shape index (κ2) is 7.38. The number of ether oxygens (including phenoxy) is 1. The maximum Gasteiger partial charge on any atom is 0.426 e. The molecule has 0 saturated carbocycles. The Balaban J connectivity index is 5.67. The van der Waals surface area contributed by atoms with Crippen LogP contribution in [0.4, 0.5) is 39.5 Å². The molecular formula is C12H13F9O. The Kier molecular flexibility index (Phi) is 6.98. The Morgan fingerprint density at radius 1 is 1.05 bits per heavy atom. The predicted molar refractivity (Wildman–Crippen MR) is 59.7 cm³/mol. The van der Waals surface area contributed by atoms with Gasteiger partial charge in [0.2, 0.25) is 0 Å². The Labute approximate surface area is 120 Å². The van der Waals surface area contributed by atoms with Crippen molar-refractivity contribution in [3.63, 3.8) is 0 Å². The third-order valence-corrected chi connectivity index (χ3v) is 3.01. The van der Waals surface area contributed by atoms with Crippen LogP contribution in [0.1, 0.15) is 19.3 Å². The SMILES string of the molecule is C=CCC(CC(F)=C(F)F)CC(OC)(C(F)(F)F)C(F)(F)F. The molecule has 0 aliphatic rings. The molecule has 0 aromatic heterocycles. The van der Waals surface area contributed by atoms with E-state index in [4.69, 9.17) is 0 Å². The lowest BCUT2D eigenvalue weighted by atomic mass is 9.84. The quantitative estimate of drug-likeness (QED) is 0.435. The summed E-state index contributed by atoms with van der Waals surface area (Å²) in [5, 5.41) is 0. The van der Waals surface area contributed by atoms with Crippen LogP contribution < -0.4 is 0 Å². The van der Waals surface area contributed by atoms with E-state index in [1.54, 1.807) is 0 Å². The molecule has 0 aliphatic heterocycles. The molecule has 0 saturated heterocycles. The smallest absolute Gasteiger partial charge is 0.361 e. The fourth-order valence-electron chi connectivity index (χ4n) is 1.92. The Bertz CT molecular complexity index is 390. The zero-order chi connectivity index (χ0) is 17.8. The van der Waals surface area contributed by atoms with Gasteiger partial charge in [0, 0.05) is 13.5 Å². The van der Waals surface area contributed by atoms with Gasteiger partial charge in [-0.05, 0) is 18.8 Å². The lowest BCUT2D eigenvalue weighted by Crippen LogP contribution is -2.59. The normalized spacial score (nSPS) is 14.6. The number of hydrogen-bond donors (Lipinski definition) is 0. The molecule has 0 aromatic rings. The Hall–Kier alpha value is -1.19. The molecule has 1 unspecified atom stereocenters. The number of rotatable bonds is 7. The first-order valence-corrected chi connectivity index (χ1v) is 5.81. The summed E-state index contributed by atoms with van der Waals surface area (Å²) in [6.45, 7) is 3.10. The van der Waals surface area contributed by atoms with E-state index in [0.29, 0.717) is 0 Å². The summed E-state index contributed by atoms with van der Waals surface area (Å²) in [4.78, 5) is 0. The summed E-state index contributed by atoms with van der Waals surface area (Å²) in [6.07, 6.45) is -17.2. The molecule has 0 aliphatic carbocycles. The lowest BCUT2D eigenvalue weighted by molar-refractivity contribution is -0.379. The maximum atomic E-state index is 12.9. The first kappa shape index (κ1) is 20.8. The molecular weight excluding hydrogens is 331 g/mol. The van der Waals surface area contributed by atoms with Gasteiger partial charge in [-0.3, -0.25) is 0 Å². The highest BCUT2D eigenvalue weighted by Crippen LogP contribution is 2.50. The zero-order valence-corrected chi connectivity index (χ0v) is 11.3. The Morgan fingerprint density at radius 3 is 1.77 bits per heavy atom. The summed E-state index contributed by atoms with van der Waals surface area (Å²) in [5.74, 6) is -3.79. The van der Waals surface area contributed by atoms with Crippen LogP contribution in [0.3, 0.4) is 0 Å². The van der Waals surface area contributed by atoms with E-state index in [0.717, 1.165) is 6.08 Å². The molecule has 0 bridgehead atoms. The number of methoxy groups -OCH3 is 1. The van der Waals surface area contributed by atoms with Crippen molar-refractivity contribution in [2.75, 3.05) is 7.11 Å². The average molecular weight is 344 g/mol. The van der Waals surface area contributed by atoms with Crippen molar-refractivity contribution in [2.45, 2.75) is 37.2 Å². The van der Waals surface area contributed by atoms with E-state index in [1.165, 1.54) is 0 Å². The van der Waals surface area contributed by atoms with E-state index in [-0.39, 0.29) is 7.11 Å². The molecule has 0 aromatic carbocycles. The largest absolute Gasteiger partial charge is 0.426 e. The fraction of sp³-hybridized carbons (Fsp3) is 0.667. The molecule has 1 nitrogen and oxygen atoms in total. The maximum absolute atomic E-state index is 12.9. The highest BCUT2D eigenvalue weighted by molar-refractivity contribution is 5.01. The molecule has 0 heterocycles. The Morgan fingerprint density at radius 2 is 1.50 bits per heavy atom. The second-order valence-corrected chi connectivity index (χ2v) is 4.49. The zero-order valence-electron chi connectivity index (χ0n) is 11.3. The van der Waals surface area contributed by atoms with Crippen LogP contribution in [0.25, 0.3) is 0 Å². The third kappa shape index (κ3) is 4.65. The van der Waals surface area contributed by atoms with Crippen molar-refractivity contribution < 1.29 is 44.3 Å². The van der Waals surface area contributed by atoms with Crippen molar-refractivity contribution in [2.24, 2.45) is 5.92 Å². The van der Waals surface area contributed by atoms with Crippen LogP contribution >= 0.6 is 0 Å². The van der Waals surface area contributed by atoms with E-state index in [9.17, 15) is 39.5 Å².